The Labute approximate surface area is 175 Å². The SMILES string of the molecule is C=C(C)[C@H]1CC/C(C)=C\C/C=C(/C)[C@H](O)CC/C(COC(C)=O)=C\[C@@H]1OC(C)=O. The van der Waals surface area contributed by atoms with Crippen LogP contribution >= 0.6 is 0 Å². The third-order valence-electron chi connectivity index (χ3n) is 5.21. The lowest BCUT2D eigenvalue weighted by Crippen LogP contribution is -2.26. The summed E-state index contributed by atoms with van der Waals surface area (Å²) in [5.74, 6) is -0.778. The van der Waals surface area contributed by atoms with Gasteiger partial charge in [-0.3, -0.25) is 9.59 Å². The molecule has 1 aliphatic carbocycles. The summed E-state index contributed by atoms with van der Waals surface area (Å²) in [5, 5.41) is 10.5. The Morgan fingerprint density at radius 2 is 1.79 bits per heavy atom. The highest BCUT2D eigenvalue weighted by Gasteiger charge is 2.24. The standard InChI is InChI=1S/C24H36O5/c1-16(2)22-12-10-17(3)8-7-9-18(4)23(27)13-11-21(15-28-19(5)25)14-24(22)29-20(6)26/h8-9,14,22-24,27H,1,7,10-13,15H2,2-6H3/b17-8-,18-9-,21-14+/t22-,23-,24+/m1/s1. The first-order valence-corrected chi connectivity index (χ1v) is 10.3. The summed E-state index contributed by atoms with van der Waals surface area (Å²) < 4.78 is 10.8. The molecule has 3 atom stereocenters. The zero-order valence-corrected chi connectivity index (χ0v) is 18.5. The van der Waals surface area contributed by atoms with Crippen molar-refractivity contribution in [1.82, 2.24) is 0 Å². The van der Waals surface area contributed by atoms with Crippen molar-refractivity contribution in [3.8, 4) is 0 Å². The number of carbonyl (C=O) groups excluding carboxylic acids is 2. The fraction of sp³-hybridized carbons (Fsp3) is 0.583. The van der Waals surface area contributed by atoms with E-state index in [4.69, 9.17) is 9.47 Å². The van der Waals surface area contributed by atoms with E-state index in [1.807, 2.05) is 26.0 Å². The van der Waals surface area contributed by atoms with Crippen molar-refractivity contribution in [3.63, 3.8) is 0 Å². The van der Waals surface area contributed by atoms with Crippen molar-refractivity contribution < 1.29 is 24.2 Å². The van der Waals surface area contributed by atoms with Gasteiger partial charge in [-0.1, -0.05) is 29.9 Å². The monoisotopic (exact) mass is 404 g/mol. The van der Waals surface area contributed by atoms with Gasteiger partial charge < -0.3 is 14.6 Å². The summed E-state index contributed by atoms with van der Waals surface area (Å²) in [6.45, 7) is 12.9. The van der Waals surface area contributed by atoms with Gasteiger partial charge in [-0.05, 0) is 70.1 Å². The third-order valence-corrected chi connectivity index (χ3v) is 5.21. The lowest BCUT2D eigenvalue weighted by Gasteiger charge is -2.26. The summed E-state index contributed by atoms with van der Waals surface area (Å²) in [7, 11) is 0. The Bertz CT molecular complexity index is 683. The molecule has 1 N–H and O–H groups in total. The Balaban J connectivity index is 3.30. The van der Waals surface area contributed by atoms with Gasteiger partial charge in [0.05, 0.1) is 6.10 Å². The lowest BCUT2D eigenvalue weighted by molar-refractivity contribution is -0.146. The van der Waals surface area contributed by atoms with Crippen molar-refractivity contribution >= 4 is 11.9 Å². The highest BCUT2D eigenvalue weighted by molar-refractivity contribution is 5.66. The quantitative estimate of drug-likeness (QED) is 0.537. The van der Waals surface area contributed by atoms with Crippen LogP contribution in [0.5, 0.6) is 0 Å². The molecule has 1 rings (SSSR count). The summed E-state index contributed by atoms with van der Waals surface area (Å²) in [5.41, 5.74) is 3.94. The molecule has 0 aromatic carbocycles. The van der Waals surface area contributed by atoms with E-state index in [2.05, 4.69) is 19.6 Å². The Morgan fingerprint density at radius 1 is 1.10 bits per heavy atom. The van der Waals surface area contributed by atoms with Crippen molar-refractivity contribution in [3.05, 3.63) is 47.1 Å². The van der Waals surface area contributed by atoms with Crippen LogP contribution in [-0.4, -0.2) is 35.9 Å². The van der Waals surface area contributed by atoms with Gasteiger partial charge in [0.1, 0.15) is 12.7 Å². The van der Waals surface area contributed by atoms with E-state index in [0.29, 0.717) is 12.8 Å². The zero-order valence-electron chi connectivity index (χ0n) is 18.5. The number of rotatable bonds is 4. The summed E-state index contributed by atoms with van der Waals surface area (Å²) >= 11 is 0. The first-order valence-electron chi connectivity index (χ1n) is 10.3. The van der Waals surface area contributed by atoms with Gasteiger partial charge in [-0.15, -0.1) is 0 Å². The molecule has 0 fully saturated rings. The molecule has 0 aromatic heterocycles. The molecule has 0 heterocycles. The second-order valence-electron chi connectivity index (χ2n) is 7.96. The molecule has 29 heavy (non-hydrogen) atoms. The van der Waals surface area contributed by atoms with E-state index in [9.17, 15) is 14.7 Å². The van der Waals surface area contributed by atoms with Crippen LogP contribution in [0.3, 0.4) is 0 Å². The van der Waals surface area contributed by atoms with Crippen molar-refractivity contribution in [2.45, 2.75) is 78.9 Å². The molecular formula is C24H36O5. The normalized spacial score (nSPS) is 29.7. The largest absolute Gasteiger partial charge is 0.461 e. The Morgan fingerprint density at radius 3 is 2.38 bits per heavy atom. The highest BCUT2D eigenvalue weighted by atomic mass is 16.5. The number of hydrogen-bond acceptors (Lipinski definition) is 5. The van der Waals surface area contributed by atoms with Gasteiger partial charge in [0.15, 0.2) is 0 Å². The summed E-state index contributed by atoms with van der Waals surface area (Å²) in [6, 6.07) is 0. The number of ether oxygens (including phenoxy) is 2. The molecular weight excluding hydrogens is 368 g/mol. The average Bonchev–Trinajstić information content (AvgIpc) is 2.61. The average molecular weight is 405 g/mol. The number of aliphatic hydroxyl groups is 1. The number of aliphatic hydroxyl groups excluding tert-OH is 1. The number of hydrogen-bond donors (Lipinski definition) is 1. The van der Waals surface area contributed by atoms with Crippen molar-refractivity contribution in [1.29, 1.82) is 0 Å². The fourth-order valence-electron chi connectivity index (χ4n) is 3.36. The minimum Gasteiger partial charge on any atom is -0.461 e. The molecule has 0 radical (unpaired) electrons. The van der Waals surface area contributed by atoms with Gasteiger partial charge in [-0.25, -0.2) is 0 Å². The minimum absolute atomic E-state index is 0.0419. The molecule has 0 bridgehead atoms. The van der Waals surface area contributed by atoms with Crippen LogP contribution in [0, 0.1) is 5.92 Å². The lowest BCUT2D eigenvalue weighted by atomic mass is 9.87. The van der Waals surface area contributed by atoms with Crippen LogP contribution in [0.2, 0.25) is 0 Å². The predicted octanol–water partition coefficient (Wildman–Crippen LogP) is 4.82. The first kappa shape index (κ1) is 24.9. The van der Waals surface area contributed by atoms with E-state index >= 15 is 0 Å². The second-order valence-corrected chi connectivity index (χ2v) is 7.96. The van der Waals surface area contributed by atoms with Crippen LogP contribution in [0.25, 0.3) is 0 Å². The van der Waals surface area contributed by atoms with Gasteiger partial charge >= 0.3 is 11.9 Å². The molecule has 1 aliphatic rings. The van der Waals surface area contributed by atoms with E-state index in [1.165, 1.54) is 19.4 Å². The maximum atomic E-state index is 11.8. The minimum atomic E-state index is -0.573. The molecule has 0 aromatic rings. The fourth-order valence-corrected chi connectivity index (χ4v) is 3.36. The molecule has 5 heteroatoms. The molecule has 0 aliphatic heterocycles. The topological polar surface area (TPSA) is 72.8 Å². The van der Waals surface area contributed by atoms with Crippen LogP contribution < -0.4 is 0 Å². The van der Waals surface area contributed by atoms with E-state index in [1.54, 1.807) is 0 Å². The number of allylic oxidation sites excluding steroid dienone is 3. The summed E-state index contributed by atoms with van der Waals surface area (Å²) in [4.78, 5) is 23.1. The van der Waals surface area contributed by atoms with Gasteiger partial charge in [0, 0.05) is 19.8 Å². The predicted molar refractivity (Wildman–Crippen MR) is 115 cm³/mol. The Hall–Kier alpha value is -2.14. The van der Waals surface area contributed by atoms with Gasteiger partial charge in [0.2, 0.25) is 0 Å². The molecule has 0 spiro atoms. The summed E-state index contributed by atoms with van der Waals surface area (Å²) in [6.07, 6.45) is 8.51. The zero-order chi connectivity index (χ0) is 22.0. The van der Waals surface area contributed by atoms with E-state index in [0.717, 1.165) is 36.0 Å². The molecule has 0 unspecified atom stereocenters. The van der Waals surface area contributed by atoms with Gasteiger partial charge in [-0.2, -0.15) is 0 Å². The number of carbonyl (C=O) groups is 2. The Kier molecular flexibility index (Phi) is 10.7. The van der Waals surface area contributed by atoms with Crippen LogP contribution in [0.1, 0.15) is 66.7 Å². The molecule has 0 saturated heterocycles. The maximum absolute atomic E-state index is 11.8. The molecule has 0 saturated carbocycles. The van der Waals surface area contributed by atoms with Gasteiger partial charge in [0.25, 0.3) is 0 Å². The molecule has 0 amide bonds. The first-order chi connectivity index (χ1) is 13.6. The molecule has 5 nitrogen and oxygen atoms in total. The highest BCUT2D eigenvalue weighted by Crippen LogP contribution is 2.28. The number of esters is 2. The van der Waals surface area contributed by atoms with Crippen LogP contribution in [0.15, 0.2) is 47.1 Å². The maximum Gasteiger partial charge on any atom is 0.303 e. The van der Waals surface area contributed by atoms with Crippen LogP contribution in [0.4, 0.5) is 0 Å². The smallest absolute Gasteiger partial charge is 0.303 e. The molecule has 162 valence electrons. The van der Waals surface area contributed by atoms with Crippen molar-refractivity contribution in [2.75, 3.05) is 6.61 Å². The van der Waals surface area contributed by atoms with E-state index in [-0.39, 0.29) is 24.5 Å². The third kappa shape index (κ3) is 9.75. The van der Waals surface area contributed by atoms with Crippen molar-refractivity contribution in [2.24, 2.45) is 5.92 Å². The second kappa shape index (κ2) is 12.4. The van der Waals surface area contributed by atoms with Crippen LogP contribution in [-0.2, 0) is 19.1 Å². The van der Waals surface area contributed by atoms with E-state index < -0.39 is 12.2 Å².